The predicted molar refractivity (Wildman–Crippen MR) is 112 cm³/mol. The zero-order valence-corrected chi connectivity index (χ0v) is 17.9. The summed E-state index contributed by atoms with van der Waals surface area (Å²) in [7, 11) is 3.90. The van der Waals surface area contributed by atoms with Crippen molar-refractivity contribution >= 4 is 22.6 Å². The van der Waals surface area contributed by atoms with Gasteiger partial charge in [-0.05, 0) is 39.3 Å². The topological polar surface area (TPSA) is 65.8 Å². The van der Waals surface area contributed by atoms with Gasteiger partial charge in [-0.3, -0.25) is 4.79 Å². The summed E-state index contributed by atoms with van der Waals surface area (Å²) < 4.78 is 32.9. The molecule has 30 heavy (non-hydrogen) atoms. The molecule has 1 aliphatic carbocycles. The Labute approximate surface area is 173 Å². The van der Waals surface area contributed by atoms with Crippen molar-refractivity contribution in [1.29, 1.82) is 0 Å². The van der Waals surface area contributed by atoms with E-state index in [9.17, 15) is 14.7 Å². The number of hydrogen-bond acceptors (Lipinski definition) is 4. The molecular formula is C22H27F2N3O3. The van der Waals surface area contributed by atoms with E-state index in [2.05, 4.69) is 18.7 Å². The van der Waals surface area contributed by atoms with Crippen LogP contribution in [-0.4, -0.2) is 53.8 Å². The molecule has 2 heterocycles. The summed E-state index contributed by atoms with van der Waals surface area (Å²) in [5.41, 5.74) is -1.62. The van der Waals surface area contributed by atoms with Gasteiger partial charge in [-0.2, -0.15) is 0 Å². The molecule has 2 fully saturated rings. The number of hydrogen-bond donors (Lipinski definition) is 1. The number of halogens is 2. The maximum atomic E-state index is 15.9. The second-order valence-electron chi connectivity index (χ2n) is 9.49. The van der Waals surface area contributed by atoms with Crippen molar-refractivity contribution in [2.75, 3.05) is 32.1 Å². The molecule has 4 rings (SSSR count). The molecule has 1 atom stereocenters. The summed E-state index contributed by atoms with van der Waals surface area (Å²) in [6.45, 7) is 6.49. The SMILES string of the molecule is Cc1c(F)c(N2C[C@H](N(C)C)C(C)(C)C2)c(F)c2c1c(=O)c(C(=O)O)cn2C1CC1. The van der Waals surface area contributed by atoms with Crippen LogP contribution in [-0.2, 0) is 0 Å². The van der Waals surface area contributed by atoms with E-state index in [0.717, 1.165) is 12.8 Å². The van der Waals surface area contributed by atoms with E-state index in [4.69, 9.17) is 0 Å². The molecule has 1 aromatic carbocycles. The highest BCUT2D eigenvalue weighted by Crippen LogP contribution is 2.43. The third-order valence-electron chi connectivity index (χ3n) is 6.57. The van der Waals surface area contributed by atoms with Crippen molar-refractivity contribution in [2.45, 2.75) is 45.7 Å². The molecule has 0 unspecified atom stereocenters. The van der Waals surface area contributed by atoms with Gasteiger partial charge in [0.25, 0.3) is 0 Å². The summed E-state index contributed by atoms with van der Waals surface area (Å²) in [6.07, 6.45) is 2.74. The second kappa shape index (κ2) is 6.77. The molecule has 0 spiro atoms. The highest BCUT2D eigenvalue weighted by Gasteiger charge is 2.43. The minimum atomic E-state index is -1.39. The molecule has 0 amide bonds. The Kier molecular flexibility index (Phi) is 4.69. The van der Waals surface area contributed by atoms with Crippen LogP contribution in [0.4, 0.5) is 14.5 Å². The number of aromatic nitrogens is 1. The van der Waals surface area contributed by atoms with Gasteiger partial charge in [0.1, 0.15) is 11.3 Å². The van der Waals surface area contributed by atoms with Gasteiger partial charge in [0, 0.05) is 36.9 Å². The third-order valence-corrected chi connectivity index (χ3v) is 6.57. The second-order valence-corrected chi connectivity index (χ2v) is 9.49. The molecule has 2 aliphatic rings. The zero-order chi connectivity index (χ0) is 22.1. The minimum Gasteiger partial charge on any atom is -0.477 e. The van der Waals surface area contributed by atoms with Crippen LogP contribution in [0.3, 0.4) is 0 Å². The van der Waals surface area contributed by atoms with Gasteiger partial charge >= 0.3 is 5.97 Å². The third kappa shape index (κ3) is 3.00. The molecule has 6 nitrogen and oxygen atoms in total. The first-order chi connectivity index (χ1) is 14.0. The Bertz CT molecular complexity index is 1120. The van der Waals surface area contributed by atoms with E-state index < -0.39 is 28.6 Å². The van der Waals surface area contributed by atoms with Crippen molar-refractivity contribution in [3.63, 3.8) is 0 Å². The number of carboxylic acid groups (broad SMARTS) is 1. The zero-order valence-electron chi connectivity index (χ0n) is 17.9. The number of nitrogens with zero attached hydrogens (tertiary/aromatic N) is 3. The van der Waals surface area contributed by atoms with E-state index in [1.165, 1.54) is 17.7 Å². The molecule has 2 aromatic rings. The van der Waals surface area contributed by atoms with E-state index in [1.807, 2.05) is 14.1 Å². The van der Waals surface area contributed by atoms with Crippen LogP contribution in [0.2, 0.25) is 0 Å². The van der Waals surface area contributed by atoms with Gasteiger partial charge in [-0.15, -0.1) is 0 Å². The van der Waals surface area contributed by atoms with E-state index >= 15 is 8.78 Å². The van der Waals surface area contributed by atoms with E-state index in [1.54, 1.807) is 4.90 Å². The van der Waals surface area contributed by atoms with Gasteiger partial charge in [0.2, 0.25) is 5.43 Å². The molecule has 0 bridgehead atoms. The van der Waals surface area contributed by atoms with Crippen LogP contribution < -0.4 is 10.3 Å². The van der Waals surface area contributed by atoms with Crippen LogP contribution in [0.15, 0.2) is 11.0 Å². The van der Waals surface area contributed by atoms with Gasteiger partial charge in [0.15, 0.2) is 11.6 Å². The van der Waals surface area contributed by atoms with Gasteiger partial charge in [-0.1, -0.05) is 13.8 Å². The maximum Gasteiger partial charge on any atom is 0.341 e. The highest BCUT2D eigenvalue weighted by molar-refractivity contribution is 5.95. The van der Waals surface area contributed by atoms with Crippen LogP contribution in [0.1, 0.15) is 48.7 Å². The predicted octanol–water partition coefficient (Wildman–Crippen LogP) is 3.40. The van der Waals surface area contributed by atoms with Crippen LogP contribution >= 0.6 is 0 Å². The summed E-state index contributed by atoms with van der Waals surface area (Å²) in [5.74, 6) is -2.97. The lowest BCUT2D eigenvalue weighted by Gasteiger charge is -2.30. The van der Waals surface area contributed by atoms with Crippen molar-refractivity contribution in [3.8, 4) is 0 Å². The van der Waals surface area contributed by atoms with E-state index in [0.29, 0.717) is 13.1 Å². The highest BCUT2D eigenvalue weighted by atomic mass is 19.1. The Morgan fingerprint density at radius 3 is 2.37 bits per heavy atom. The maximum absolute atomic E-state index is 15.9. The Hall–Kier alpha value is -2.48. The first kappa shape index (κ1) is 20.8. The summed E-state index contributed by atoms with van der Waals surface area (Å²) in [4.78, 5) is 28.2. The Morgan fingerprint density at radius 2 is 1.87 bits per heavy atom. The molecule has 1 aromatic heterocycles. The van der Waals surface area contributed by atoms with Gasteiger partial charge in [0.05, 0.1) is 10.9 Å². The number of pyridine rings is 1. The number of carboxylic acids is 1. The number of aromatic carboxylic acids is 1. The van der Waals surface area contributed by atoms with Crippen LogP contribution in [0, 0.1) is 24.0 Å². The number of likely N-dealkylation sites (N-methyl/N-ethyl adjacent to an activating group) is 1. The molecule has 8 heteroatoms. The van der Waals surface area contributed by atoms with E-state index in [-0.39, 0.29) is 39.7 Å². The summed E-state index contributed by atoms with van der Waals surface area (Å²) in [6, 6.07) is 0.0234. The molecule has 1 aliphatic heterocycles. The average Bonchev–Trinajstić information content (AvgIpc) is 3.43. The smallest absolute Gasteiger partial charge is 0.341 e. The number of rotatable bonds is 4. The number of carbonyl (C=O) groups is 1. The fraction of sp³-hybridized carbons (Fsp3) is 0.545. The quantitative estimate of drug-likeness (QED) is 0.823. The fourth-order valence-electron chi connectivity index (χ4n) is 4.92. The summed E-state index contributed by atoms with van der Waals surface area (Å²) >= 11 is 0. The lowest BCUT2D eigenvalue weighted by atomic mass is 9.87. The lowest BCUT2D eigenvalue weighted by Crippen LogP contribution is -2.40. The number of benzene rings is 1. The molecule has 162 valence electrons. The van der Waals surface area contributed by atoms with Crippen molar-refractivity contribution < 1.29 is 18.7 Å². The first-order valence-corrected chi connectivity index (χ1v) is 10.2. The average molecular weight is 419 g/mol. The minimum absolute atomic E-state index is 0.00462. The van der Waals surface area contributed by atoms with Crippen molar-refractivity contribution in [3.05, 3.63) is 39.2 Å². The molecule has 1 saturated carbocycles. The standard InChI is InChI=1S/C22H27F2N3O3/c1-11-15-18(27(12-6-7-12)8-13(20(15)28)21(29)30)17(24)19(16(11)23)26-9-14(25(4)5)22(2,3)10-26/h8,12,14H,6-7,9-10H2,1-5H3,(H,29,30)/t14-/m0/s1. The molecular weight excluding hydrogens is 392 g/mol. The lowest BCUT2D eigenvalue weighted by molar-refractivity contribution is 0.0694. The molecule has 1 N–H and O–H groups in total. The monoisotopic (exact) mass is 419 g/mol. The largest absolute Gasteiger partial charge is 0.477 e. The normalized spacial score (nSPS) is 21.1. The first-order valence-electron chi connectivity index (χ1n) is 10.2. The number of anilines is 1. The fourth-order valence-corrected chi connectivity index (χ4v) is 4.92. The number of fused-ring (bicyclic) bond motifs is 1. The van der Waals surface area contributed by atoms with Crippen molar-refractivity contribution in [1.82, 2.24) is 9.47 Å². The van der Waals surface area contributed by atoms with Gasteiger partial charge < -0.3 is 19.5 Å². The number of aryl methyl sites for hydroxylation is 1. The Morgan fingerprint density at radius 1 is 1.23 bits per heavy atom. The van der Waals surface area contributed by atoms with Crippen molar-refractivity contribution in [2.24, 2.45) is 5.41 Å². The van der Waals surface area contributed by atoms with Crippen LogP contribution in [0.25, 0.3) is 10.9 Å². The Balaban J connectivity index is 2.01. The summed E-state index contributed by atoms with van der Waals surface area (Å²) in [5, 5.41) is 9.26. The van der Waals surface area contributed by atoms with Gasteiger partial charge in [-0.25, -0.2) is 13.6 Å². The molecule has 0 radical (unpaired) electrons. The molecule has 1 saturated heterocycles. The van der Waals surface area contributed by atoms with Crippen LogP contribution in [0.5, 0.6) is 0 Å².